The Morgan fingerprint density at radius 2 is 1.46 bits per heavy atom. The predicted octanol–water partition coefficient (Wildman–Crippen LogP) is 5.65. The molecule has 1 fully saturated rings. The van der Waals surface area contributed by atoms with Crippen LogP contribution in [-0.4, -0.2) is 55.6 Å². The van der Waals surface area contributed by atoms with Gasteiger partial charge in [0.25, 0.3) is 10.0 Å². The van der Waals surface area contributed by atoms with Gasteiger partial charge < -0.3 is 14.9 Å². The molecular formula is C28H32Cl3N5O4S. The Morgan fingerprint density at radius 1 is 0.854 bits per heavy atom. The van der Waals surface area contributed by atoms with E-state index in [0.29, 0.717) is 40.9 Å². The molecule has 13 heteroatoms. The number of rotatable bonds is 6. The number of fused-ring (bicyclic) bond motifs is 1. The topological polar surface area (TPSA) is 116 Å². The van der Waals surface area contributed by atoms with Gasteiger partial charge in [0.2, 0.25) is 0 Å². The number of piperazine rings is 1. The van der Waals surface area contributed by atoms with Crippen LogP contribution in [0.5, 0.6) is 0 Å². The standard InChI is InChI=1S/C28H29N5O4S.3ClH/c1-18-14-19(2)27(20(3)15-18)38(36,37)31-21-7-8-24-22(16-21)23(28(34)35)17-26(30-24)33-12-10-32(11-13-33)25-6-4-5-9-29-25;;;/h4-9,14-17,31H,10-13H2,1-3H3,(H,34,35);3*1H. The SMILES string of the molecule is Cc1cc(C)c(S(=O)(=O)Nc2ccc3nc(N4CCN(c5ccccn5)CC4)cc(C(=O)O)c3c2)c(C)c1.Cl.Cl.Cl. The number of hydrogen-bond donors (Lipinski definition) is 2. The zero-order valence-electron chi connectivity index (χ0n) is 22.7. The monoisotopic (exact) mass is 639 g/mol. The Labute approximate surface area is 258 Å². The van der Waals surface area contributed by atoms with Gasteiger partial charge in [-0.3, -0.25) is 4.72 Å². The molecule has 0 unspecified atom stereocenters. The molecule has 4 aromatic rings. The van der Waals surface area contributed by atoms with Gasteiger partial charge >= 0.3 is 5.97 Å². The fourth-order valence-corrected chi connectivity index (χ4v) is 6.62. The van der Waals surface area contributed by atoms with Gasteiger partial charge in [0.05, 0.1) is 16.0 Å². The van der Waals surface area contributed by atoms with Crippen LogP contribution in [-0.2, 0) is 10.0 Å². The first-order valence-electron chi connectivity index (χ1n) is 12.3. The number of sulfonamides is 1. The molecule has 0 radical (unpaired) electrons. The highest BCUT2D eigenvalue weighted by Crippen LogP contribution is 2.29. The zero-order chi connectivity index (χ0) is 27.0. The van der Waals surface area contributed by atoms with Crippen LogP contribution < -0.4 is 14.5 Å². The van der Waals surface area contributed by atoms with E-state index in [0.717, 1.165) is 24.5 Å². The van der Waals surface area contributed by atoms with E-state index in [1.54, 1.807) is 38.2 Å². The van der Waals surface area contributed by atoms with E-state index < -0.39 is 16.0 Å². The minimum Gasteiger partial charge on any atom is -0.478 e. The molecule has 2 aromatic heterocycles. The smallest absolute Gasteiger partial charge is 0.336 e. The number of halogens is 3. The van der Waals surface area contributed by atoms with Crippen LogP contribution >= 0.6 is 37.2 Å². The number of nitrogens with zero attached hydrogens (tertiary/aromatic N) is 4. The number of carbonyl (C=O) groups is 1. The average molecular weight is 641 g/mol. The molecule has 2 N–H and O–H groups in total. The van der Waals surface area contributed by atoms with Crippen LogP contribution in [0.15, 0.2) is 65.7 Å². The fraction of sp³-hybridized carbons (Fsp3) is 0.250. The summed E-state index contributed by atoms with van der Waals surface area (Å²) < 4.78 is 29.1. The second kappa shape index (κ2) is 13.6. The molecule has 0 bridgehead atoms. The summed E-state index contributed by atoms with van der Waals surface area (Å²) in [7, 11) is -3.88. The third kappa shape index (κ3) is 7.13. The lowest BCUT2D eigenvalue weighted by molar-refractivity contribution is 0.0699. The molecule has 2 aromatic carbocycles. The van der Waals surface area contributed by atoms with Crippen LogP contribution in [0.2, 0.25) is 0 Å². The van der Waals surface area contributed by atoms with Crippen molar-refractivity contribution < 1.29 is 18.3 Å². The summed E-state index contributed by atoms with van der Waals surface area (Å²) >= 11 is 0. The van der Waals surface area contributed by atoms with Gasteiger partial charge in [-0.05, 0) is 68.3 Å². The van der Waals surface area contributed by atoms with E-state index in [9.17, 15) is 18.3 Å². The van der Waals surface area contributed by atoms with Crippen molar-refractivity contribution in [3.8, 4) is 0 Å². The molecule has 0 spiro atoms. The normalized spacial score (nSPS) is 13.0. The molecule has 3 heterocycles. The first-order valence-corrected chi connectivity index (χ1v) is 13.8. The molecule has 0 aliphatic carbocycles. The largest absolute Gasteiger partial charge is 0.478 e. The van der Waals surface area contributed by atoms with E-state index in [1.807, 2.05) is 37.3 Å². The van der Waals surface area contributed by atoms with E-state index >= 15 is 0 Å². The molecular weight excluding hydrogens is 609 g/mol. The summed E-state index contributed by atoms with van der Waals surface area (Å²) in [6, 6.07) is 15.8. The van der Waals surface area contributed by atoms with Gasteiger partial charge in [-0.15, -0.1) is 37.2 Å². The number of aromatic carboxylic acids is 1. The Hall–Kier alpha value is -3.31. The average Bonchev–Trinajstić information content (AvgIpc) is 2.87. The second-order valence-electron chi connectivity index (χ2n) is 9.56. The van der Waals surface area contributed by atoms with E-state index in [4.69, 9.17) is 4.98 Å². The Balaban J connectivity index is 0.00000196. The highest BCUT2D eigenvalue weighted by Gasteiger charge is 2.23. The van der Waals surface area contributed by atoms with Crippen molar-refractivity contribution in [2.24, 2.45) is 0 Å². The highest BCUT2D eigenvalue weighted by atomic mass is 35.5. The lowest BCUT2D eigenvalue weighted by Crippen LogP contribution is -2.47. The van der Waals surface area contributed by atoms with Crippen LogP contribution in [0.3, 0.4) is 0 Å². The van der Waals surface area contributed by atoms with E-state index in [-0.39, 0.29) is 53.4 Å². The maximum absolute atomic E-state index is 13.2. The lowest BCUT2D eigenvalue weighted by Gasteiger charge is -2.36. The number of pyridine rings is 2. The quantitative estimate of drug-likeness (QED) is 0.278. The summed E-state index contributed by atoms with van der Waals surface area (Å²) in [5, 5.41) is 10.4. The Bertz CT molecular complexity index is 1620. The zero-order valence-corrected chi connectivity index (χ0v) is 26.0. The van der Waals surface area contributed by atoms with Gasteiger partial charge in [0, 0.05) is 43.4 Å². The summed E-state index contributed by atoms with van der Waals surface area (Å²) in [4.78, 5) is 25.8. The van der Waals surface area contributed by atoms with Crippen molar-refractivity contribution >= 4 is 81.4 Å². The van der Waals surface area contributed by atoms with Crippen molar-refractivity contribution in [3.05, 3.63) is 83.0 Å². The molecule has 1 aliphatic rings. The predicted molar refractivity (Wildman–Crippen MR) is 171 cm³/mol. The van der Waals surface area contributed by atoms with E-state index in [1.165, 1.54) is 6.07 Å². The van der Waals surface area contributed by atoms with Gasteiger partial charge in [-0.1, -0.05) is 23.8 Å². The second-order valence-corrected chi connectivity index (χ2v) is 11.2. The molecule has 1 aliphatic heterocycles. The first-order chi connectivity index (χ1) is 18.1. The third-order valence-corrected chi connectivity index (χ3v) is 8.41. The summed E-state index contributed by atoms with van der Waals surface area (Å²) in [5.74, 6) is 0.390. The molecule has 9 nitrogen and oxygen atoms in total. The number of nitrogens with one attached hydrogen (secondary N) is 1. The summed E-state index contributed by atoms with van der Waals surface area (Å²) in [5.41, 5.74) is 3.11. The van der Waals surface area contributed by atoms with Crippen molar-refractivity contribution in [1.29, 1.82) is 0 Å². The lowest BCUT2D eigenvalue weighted by atomic mass is 10.1. The highest BCUT2D eigenvalue weighted by molar-refractivity contribution is 7.92. The molecule has 220 valence electrons. The molecule has 0 atom stereocenters. The molecule has 0 amide bonds. The van der Waals surface area contributed by atoms with Crippen LogP contribution in [0.1, 0.15) is 27.0 Å². The maximum atomic E-state index is 13.2. The number of benzene rings is 2. The third-order valence-electron chi connectivity index (χ3n) is 6.73. The van der Waals surface area contributed by atoms with Crippen molar-refractivity contribution in [2.45, 2.75) is 25.7 Å². The fourth-order valence-electron chi connectivity index (χ4n) is 5.12. The minimum absolute atomic E-state index is 0. The number of aryl methyl sites for hydroxylation is 3. The van der Waals surface area contributed by atoms with Crippen molar-refractivity contribution in [1.82, 2.24) is 9.97 Å². The van der Waals surface area contributed by atoms with E-state index in [2.05, 4.69) is 19.5 Å². The number of hydrogen-bond acceptors (Lipinski definition) is 7. The van der Waals surface area contributed by atoms with Crippen molar-refractivity contribution in [2.75, 3.05) is 40.7 Å². The molecule has 1 saturated heterocycles. The Morgan fingerprint density at radius 3 is 2.02 bits per heavy atom. The Kier molecular flexibility index (Phi) is 11.2. The van der Waals surface area contributed by atoms with Crippen LogP contribution in [0.25, 0.3) is 10.9 Å². The van der Waals surface area contributed by atoms with Gasteiger partial charge in [-0.2, -0.15) is 0 Å². The van der Waals surface area contributed by atoms with Crippen LogP contribution in [0, 0.1) is 20.8 Å². The number of aromatic nitrogens is 2. The van der Waals surface area contributed by atoms with Crippen molar-refractivity contribution in [3.63, 3.8) is 0 Å². The molecule has 41 heavy (non-hydrogen) atoms. The van der Waals surface area contributed by atoms with Gasteiger partial charge in [-0.25, -0.2) is 23.2 Å². The number of anilines is 3. The minimum atomic E-state index is -3.88. The van der Waals surface area contributed by atoms with Gasteiger partial charge in [0.1, 0.15) is 11.6 Å². The van der Waals surface area contributed by atoms with Crippen LogP contribution in [0.4, 0.5) is 17.3 Å². The van der Waals surface area contributed by atoms with Gasteiger partial charge in [0.15, 0.2) is 0 Å². The summed E-state index contributed by atoms with van der Waals surface area (Å²) in [6.07, 6.45) is 1.77. The number of carboxylic acids is 1. The summed E-state index contributed by atoms with van der Waals surface area (Å²) in [6.45, 7) is 8.25. The first kappa shape index (κ1) is 33.9. The molecule has 5 rings (SSSR count). The number of carboxylic acid groups (broad SMARTS) is 1. The molecule has 0 saturated carbocycles. The maximum Gasteiger partial charge on any atom is 0.336 e.